The molecule has 3 aliphatic rings. The van der Waals surface area contributed by atoms with E-state index in [1.54, 1.807) is 0 Å². The third-order valence-electron chi connectivity index (χ3n) is 8.05. The third-order valence-corrected chi connectivity index (χ3v) is 8.05. The molecule has 4 heterocycles. The Morgan fingerprint density at radius 2 is 1.71 bits per heavy atom. The van der Waals surface area contributed by atoms with Crippen molar-refractivity contribution in [1.29, 1.82) is 0 Å². The van der Waals surface area contributed by atoms with Gasteiger partial charge in [-0.25, -0.2) is 4.98 Å². The summed E-state index contributed by atoms with van der Waals surface area (Å²) in [6.45, 7) is 7.97. The molecule has 11 heteroatoms. The fourth-order valence-corrected chi connectivity index (χ4v) is 5.91. The minimum atomic E-state index is -0.773. The van der Waals surface area contributed by atoms with Gasteiger partial charge in [0.15, 0.2) is 17.0 Å². The van der Waals surface area contributed by atoms with Crippen molar-refractivity contribution in [3.8, 4) is 0 Å². The standard InChI is InChI=1S/C28H38N8O3.C2H6/c37-24(38)18-34-13-15-35(16-14-34)22-11-9-21(10-12-22)31-28-32-26(30-20-6-2-1-3-7-20)25-27(33-28)36(19-29-25)23-8-4-5-17-39-23;1-2/h9-12,19-20,23H,1-8,13-18H2,(H,37,38)(H2,30,31,32,33);1-2H3. The maximum Gasteiger partial charge on any atom is 0.317 e. The van der Waals surface area contributed by atoms with Crippen molar-refractivity contribution in [2.24, 2.45) is 0 Å². The van der Waals surface area contributed by atoms with Crippen LogP contribution in [-0.2, 0) is 9.53 Å². The van der Waals surface area contributed by atoms with E-state index in [4.69, 9.17) is 24.8 Å². The van der Waals surface area contributed by atoms with Crippen LogP contribution in [0.25, 0.3) is 11.2 Å². The van der Waals surface area contributed by atoms with E-state index in [0.717, 1.165) is 93.2 Å². The third kappa shape index (κ3) is 7.26. The molecule has 3 N–H and O–H groups in total. The van der Waals surface area contributed by atoms with Crippen LogP contribution >= 0.6 is 0 Å². The lowest BCUT2D eigenvalue weighted by atomic mass is 9.95. The Bertz CT molecular complexity index is 1260. The van der Waals surface area contributed by atoms with Gasteiger partial charge in [0.25, 0.3) is 0 Å². The van der Waals surface area contributed by atoms with Crippen LogP contribution in [0.1, 0.15) is 71.4 Å². The van der Waals surface area contributed by atoms with Crippen LogP contribution in [-0.4, -0.2) is 80.9 Å². The van der Waals surface area contributed by atoms with Crippen LogP contribution in [0.5, 0.6) is 0 Å². The average Bonchev–Trinajstić information content (AvgIpc) is 3.44. The summed E-state index contributed by atoms with van der Waals surface area (Å²) in [5, 5.41) is 16.1. The Morgan fingerprint density at radius 1 is 0.976 bits per heavy atom. The Hall–Kier alpha value is -3.44. The zero-order chi connectivity index (χ0) is 28.6. The van der Waals surface area contributed by atoms with E-state index in [1.807, 2.05) is 37.2 Å². The Kier molecular flexibility index (Phi) is 9.89. The molecule has 2 aliphatic heterocycles. The second-order valence-corrected chi connectivity index (χ2v) is 10.8. The molecule has 2 saturated heterocycles. The van der Waals surface area contributed by atoms with Crippen LogP contribution in [0, 0.1) is 0 Å². The number of carboxylic acid groups (broad SMARTS) is 1. The first-order valence-electron chi connectivity index (χ1n) is 15.3. The molecule has 2 aromatic heterocycles. The highest BCUT2D eigenvalue weighted by molar-refractivity contribution is 5.85. The van der Waals surface area contributed by atoms with Crippen molar-refractivity contribution in [2.75, 3.05) is 54.9 Å². The number of aliphatic carboxylic acids is 1. The number of imidazole rings is 1. The number of rotatable bonds is 8. The number of benzene rings is 1. The van der Waals surface area contributed by atoms with Crippen molar-refractivity contribution in [3.05, 3.63) is 30.6 Å². The highest BCUT2D eigenvalue weighted by Crippen LogP contribution is 2.31. The number of anilines is 4. The zero-order valence-corrected chi connectivity index (χ0v) is 24.4. The molecule has 0 radical (unpaired) electrons. The topological polar surface area (TPSA) is 121 Å². The molecule has 1 atom stereocenters. The van der Waals surface area contributed by atoms with Gasteiger partial charge in [-0.1, -0.05) is 33.1 Å². The zero-order valence-electron chi connectivity index (χ0n) is 24.4. The van der Waals surface area contributed by atoms with E-state index < -0.39 is 5.97 Å². The maximum absolute atomic E-state index is 11.0. The van der Waals surface area contributed by atoms with Crippen molar-refractivity contribution in [3.63, 3.8) is 0 Å². The summed E-state index contributed by atoms with van der Waals surface area (Å²) in [5.41, 5.74) is 3.61. The number of hydrogen-bond acceptors (Lipinski definition) is 9. The van der Waals surface area contributed by atoms with E-state index >= 15 is 0 Å². The van der Waals surface area contributed by atoms with E-state index in [-0.39, 0.29) is 12.8 Å². The lowest BCUT2D eigenvalue weighted by Crippen LogP contribution is -2.47. The molecule has 1 unspecified atom stereocenters. The summed E-state index contributed by atoms with van der Waals surface area (Å²) in [4.78, 5) is 29.8. The monoisotopic (exact) mass is 564 g/mol. The summed E-state index contributed by atoms with van der Waals surface area (Å²) >= 11 is 0. The number of nitrogens with zero attached hydrogens (tertiary/aromatic N) is 6. The number of fused-ring (bicyclic) bond motifs is 1. The molecule has 41 heavy (non-hydrogen) atoms. The minimum Gasteiger partial charge on any atom is -0.480 e. The molecule has 3 aromatic rings. The largest absolute Gasteiger partial charge is 0.480 e. The molecule has 3 fully saturated rings. The summed E-state index contributed by atoms with van der Waals surface area (Å²) in [5.74, 6) is 0.541. The van der Waals surface area contributed by atoms with Gasteiger partial charge in [-0.3, -0.25) is 14.3 Å². The van der Waals surface area contributed by atoms with Gasteiger partial charge in [-0.05, 0) is 56.4 Å². The molecule has 1 aromatic carbocycles. The van der Waals surface area contributed by atoms with Crippen LogP contribution in [0.2, 0.25) is 0 Å². The van der Waals surface area contributed by atoms with Gasteiger partial charge < -0.3 is 25.4 Å². The molecule has 0 bridgehead atoms. The van der Waals surface area contributed by atoms with Crippen molar-refractivity contribution in [1.82, 2.24) is 24.4 Å². The summed E-state index contributed by atoms with van der Waals surface area (Å²) in [6.07, 6.45) is 11.0. The minimum absolute atomic E-state index is 0.0516. The summed E-state index contributed by atoms with van der Waals surface area (Å²) in [7, 11) is 0. The molecule has 1 saturated carbocycles. The molecular formula is C30H44N8O3. The fourth-order valence-electron chi connectivity index (χ4n) is 5.91. The number of carboxylic acids is 1. The maximum atomic E-state index is 11.0. The van der Waals surface area contributed by atoms with E-state index in [0.29, 0.717) is 12.0 Å². The first-order chi connectivity index (χ1) is 20.1. The number of carbonyl (C=O) groups is 1. The van der Waals surface area contributed by atoms with Gasteiger partial charge in [-0.15, -0.1) is 0 Å². The molecule has 0 spiro atoms. The second kappa shape index (κ2) is 14.0. The quantitative estimate of drug-likeness (QED) is 0.335. The molecular weight excluding hydrogens is 520 g/mol. The SMILES string of the molecule is CC.O=C(O)CN1CCN(c2ccc(Nc3nc(NC4CCCCC4)c4ncn(C5CCCCO5)c4n3)cc2)CC1. The molecule has 222 valence electrons. The predicted octanol–water partition coefficient (Wildman–Crippen LogP) is 5.25. The highest BCUT2D eigenvalue weighted by Gasteiger charge is 2.23. The highest BCUT2D eigenvalue weighted by atomic mass is 16.5. The van der Waals surface area contributed by atoms with Gasteiger partial charge in [0.1, 0.15) is 6.23 Å². The van der Waals surface area contributed by atoms with E-state index in [1.165, 1.54) is 19.3 Å². The summed E-state index contributed by atoms with van der Waals surface area (Å²) < 4.78 is 8.12. The smallest absolute Gasteiger partial charge is 0.317 e. The molecule has 6 rings (SSSR count). The first kappa shape index (κ1) is 29.1. The lowest BCUT2D eigenvalue weighted by molar-refractivity contribution is -0.138. The van der Waals surface area contributed by atoms with Crippen molar-refractivity contribution in [2.45, 2.75) is 77.5 Å². The second-order valence-electron chi connectivity index (χ2n) is 10.8. The molecule has 0 amide bonds. The Balaban J connectivity index is 0.00000165. The van der Waals surface area contributed by atoms with Crippen molar-refractivity contribution < 1.29 is 14.6 Å². The van der Waals surface area contributed by atoms with Gasteiger partial charge in [0.05, 0.1) is 12.9 Å². The van der Waals surface area contributed by atoms with E-state index in [9.17, 15) is 4.79 Å². The van der Waals surface area contributed by atoms with Crippen LogP contribution < -0.4 is 15.5 Å². The number of nitrogens with one attached hydrogen (secondary N) is 2. The van der Waals surface area contributed by atoms with Crippen molar-refractivity contribution >= 4 is 40.3 Å². The number of aromatic nitrogens is 4. The average molecular weight is 565 g/mol. The first-order valence-corrected chi connectivity index (χ1v) is 15.3. The van der Waals surface area contributed by atoms with Crippen LogP contribution in [0.4, 0.5) is 23.1 Å². The predicted molar refractivity (Wildman–Crippen MR) is 162 cm³/mol. The van der Waals surface area contributed by atoms with Gasteiger partial charge >= 0.3 is 5.97 Å². The number of hydrogen-bond donors (Lipinski definition) is 3. The molecule has 1 aliphatic carbocycles. The molecule has 11 nitrogen and oxygen atoms in total. The van der Waals surface area contributed by atoms with Crippen LogP contribution in [0.3, 0.4) is 0 Å². The Labute approximate surface area is 242 Å². The fraction of sp³-hybridized carbons (Fsp3) is 0.600. The lowest BCUT2D eigenvalue weighted by Gasteiger charge is -2.35. The van der Waals surface area contributed by atoms with Gasteiger partial charge in [0.2, 0.25) is 5.95 Å². The normalized spacial score (nSPS) is 20.3. The van der Waals surface area contributed by atoms with Crippen LogP contribution in [0.15, 0.2) is 30.6 Å². The summed E-state index contributed by atoms with van der Waals surface area (Å²) in [6, 6.07) is 8.67. The number of piperazine rings is 1. The number of ether oxygens (including phenoxy) is 1. The Morgan fingerprint density at radius 3 is 2.39 bits per heavy atom. The van der Waals surface area contributed by atoms with E-state index in [2.05, 4.69) is 32.2 Å². The van der Waals surface area contributed by atoms with Gasteiger partial charge in [-0.2, -0.15) is 9.97 Å². The van der Waals surface area contributed by atoms with Gasteiger partial charge in [0, 0.05) is 50.2 Å².